The highest BCUT2D eigenvalue weighted by molar-refractivity contribution is 7.88. The van der Waals surface area contributed by atoms with Gasteiger partial charge in [0.2, 0.25) is 21.8 Å². The van der Waals surface area contributed by atoms with Gasteiger partial charge in [0.05, 0.1) is 11.8 Å². The Labute approximate surface area is 163 Å². The second-order valence-corrected chi connectivity index (χ2v) is 8.81. The average molecular weight is 409 g/mol. The van der Waals surface area contributed by atoms with E-state index in [1.165, 1.54) is 11.1 Å². The largest absolute Gasteiger partial charge is 0.354 e. The van der Waals surface area contributed by atoms with E-state index >= 15 is 0 Å². The molecule has 2 N–H and O–H groups in total. The fraction of sp³-hybridized carbons (Fsp3) is 0.529. The highest BCUT2D eigenvalue weighted by atomic mass is 32.2. The summed E-state index contributed by atoms with van der Waals surface area (Å²) in [4.78, 5) is 42.8. The maximum Gasteiger partial charge on any atom is 0.255 e. The lowest BCUT2D eigenvalue weighted by Crippen LogP contribution is -2.63. The van der Waals surface area contributed by atoms with Crippen molar-refractivity contribution >= 4 is 27.7 Å². The first-order valence-corrected chi connectivity index (χ1v) is 10.9. The zero-order chi connectivity index (χ0) is 20.3. The van der Waals surface area contributed by atoms with E-state index in [-0.39, 0.29) is 31.4 Å². The lowest BCUT2D eigenvalue weighted by Gasteiger charge is -2.39. The van der Waals surface area contributed by atoms with Crippen molar-refractivity contribution in [1.29, 1.82) is 0 Å². The first kappa shape index (κ1) is 20.2. The first-order chi connectivity index (χ1) is 13.3. The van der Waals surface area contributed by atoms with Crippen molar-refractivity contribution in [3.8, 4) is 0 Å². The molecular formula is C17H23N5O5S. The molecule has 0 spiro atoms. The van der Waals surface area contributed by atoms with Crippen LogP contribution in [0.1, 0.15) is 23.2 Å². The summed E-state index contributed by atoms with van der Waals surface area (Å²) >= 11 is 0. The molecule has 0 aromatic carbocycles. The van der Waals surface area contributed by atoms with E-state index in [1.54, 1.807) is 18.3 Å². The molecule has 10 nitrogen and oxygen atoms in total. The fourth-order valence-corrected chi connectivity index (χ4v) is 4.45. The highest BCUT2D eigenvalue weighted by Crippen LogP contribution is 2.17. The van der Waals surface area contributed by atoms with Crippen LogP contribution in [-0.4, -0.2) is 84.8 Å². The van der Waals surface area contributed by atoms with Crippen LogP contribution in [0.3, 0.4) is 0 Å². The number of nitrogens with one attached hydrogen (secondary N) is 2. The molecular weight excluding hydrogens is 386 g/mol. The van der Waals surface area contributed by atoms with Crippen molar-refractivity contribution < 1.29 is 22.8 Å². The van der Waals surface area contributed by atoms with Crippen molar-refractivity contribution in [2.75, 3.05) is 32.4 Å². The number of piperidine rings is 1. The van der Waals surface area contributed by atoms with Crippen molar-refractivity contribution in [2.24, 2.45) is 0 Å². The summed E-state index contributed by atoms with van der Waals surface area (Å²) in [5.41, 5.74) is 0.362. The summed E-state index contributed by atoms with van der Waals surface area (Å²) in [6.45, 7) is 0.618. The zero-order valence-electron chi connectivity index (χ0n) is 15.5. The Morgan fingerprint density at radius 2 is 2.11 bits per heavy atom. The van der Waals surface area contributed by atoms with Crippen LogP contribution in [0.4, 0.5) is 0 Å². The van der Waals surface area contributed by atoms with Crippen LogP contribution in [-0.2, 0) is 19.6 Å². The number of amides is 3. The van der Waals surface area contributed by atoms with E-state index in [0.29, 0.717) is 18.5 Å². The molecule has 2 fully saturated rings. The summed E-state index contributed by atoms with van der Waals surface area (Å²) in [5.74, 6) is -1.20. The molecule has 0 radical (unpaired) electrons. The number of pyridine rings is 1. The molecule has 2 saturated heterocycles. The van der Waals surface area contributed by atoms with Gasteiger partial charge in [0.25, 0.3) is 5.91 Å². The minimum absolute atomic E-state index is 0.000213. The van der Waals surface area contributed by atoms with Crippen LogP contribution in [0, 0.1) is 0 Å². The smallest absolute Gasteiger partial charge is 0.255 e. The van der Waals surface area contributed by atoms with E-state index in [2.05, 4.69) is 15.6 Å². The van der Waals surface area contributed by atoms with Gasteiger partial charge < -0.3 is 15.5 Å². The van der Waals surface area contributed by atoms with E-state index in [9.17, 15) is 22.8 Å². The van der Waals surface area contributed by atoms with Gasteiger partial charge in [-0.2, -0.15) is 4.31 Å². The Morgan fingerprint density at radius 1 is 1.32 bits per heavy atom. The quantitative estimate of drug-likeness (QED) is 0.627. The van der Waals surface area contributed by atoms with Crippen LogP contribution in [0.25, 0.3) is 0 Å². The molecule has 0 unspecified atom stereocenters. The van der Waals surface area contributed by atoms with E-state index in [4.69, 9.17) is 0 Å². The third-order valence-corrected chi connectivity index (χ3v) is 6.15. The van der Waals surface area contributed by atoms with Gasteiger partial charge in [0, 0.05) is 38.6 Å². The Bertz CT molecular complexity index is 860. The lowest BCUT2D eigenvalue weighted by molar-refractivity contribution is -0.132. The molecule has 2 aliphatic rings. The van der Waals surface area contributed by atoms with Gasteiger partial charge in [-0.1, -0.05) is 0 Å². The predicted molar refractivity (Wildman–Crippen MR) is 99.7 cm³/mol. The number of nitrogens with zero attached hydrogens (tertiary/aromatic N) is 3. The zero-order valence-corrected chi connectivity index (χ0v) is 16.3. The number of hydrogen-bond donors (Lipinski definition) is 2. The third-order valence-electron chi connectivity index (χ3n) is 4.86. The van der Waals surface area contributed by atoms with E-state index in [0.717, 1.165) is 17.0 Å². The number of piperazine rings is 1. The Morgan fingerprint density at radius 3 is 2.75 bits per heavy atom. The van der Waals surface area contributed by atoms with Gasteiger partial charge in [0.1, 0.15) is 12.1 Å². The van der Waals surface area contributed by atoms with Crippen molar-refractivity contribution in [3.05, 3.63) is 30.1 Å². The monoisotopic (exact) mass is 409 g/mol. The van der Waals surface area contributed by atoms with Crippen LogP contribution in [0.5, 0.6) is 0 Å². The van der Waals surface area contributed by atoms with E-state index in [1.807, 2.05) is 0 Å². The molecule has 0 saturated carbocycles. The number of sulfonamides is 1. The SMILES string of the molecule is CS(=O)(=O)N1CCN(C(=O)c2cccnc2)C[C@H]1C(=O)N[C@@H]1CCCNC1=O. The van der Waals surface area contributed by atoms with Crippen molar-refractivity contribution in [1.82, 2.24) is 24.8 Å². The molecule has 1 aromatic rings. The van der Waals surface area contributed by atoms with Crippen molar-refractivity contribution in [2.45, 2.75) is 24.9 Å². The second kappa shape index (κ2) is 8.23. The molecule has 0 aliphatic carbocycles. The summed E-state index contributed by atoms with van der Waals surface area (Å²) in [5, 5.41) is 5.31. The first-order valence-electron chi connectivity index (χ1n) is 9.01. The third kappa shape index (κ3) is 4.47. The van der Waals surface area contributed by atoms with E-state index < -0.39 is 28.0 Å². The summed E-state index contributed by atoms with van der Waals surface area (Å²) in [6.07, 6.45) is 5.21. The summed E-state index contributed by atoms with van der Waals surface area (Å²) < 4.78 is 25.4. The number of rotatable bonds is 4. The molecule has 3 heterocycles. The molecule has 28 heavy (non-hydrogen) atoms. The fourth-order valence-electron chi connectivity index (χ4n) is 3.41. The Hall–Kier alpha value is -2.53. The number of carbonyl (C=O) groups is 3. The van der Waals surface area contributed by atoms with Crippen LogP contribution >= 0.6 is 0 Å². The Balaban J connectivity index is 1.78. The summed E-state index contributed by atoms with van der Waals surface area (Å²) in [7, 11) is -3.67. The number of carbonyl (C=O) groups excluding carboxylic acids is 3. The maximum atomic E-state index is 12.8. The highest BCUT2D eigenvalue weighted by Gasteiger charge is 2.40. The molecule has 2 atom stereocenters. The lowest BCUT2D eigenvalue weighted by atomic mass is 10.1. The van der Waals surface area contributed by atoms with Gasteiger partial charge in [-0.25, -0.2) is 8.42 Å². The van der Waals surface area contributed by atoms with Gasteiger partial charge in [-0.3, -0.25) is 19.4 Å². The molecule has 2 aliphatic heterocycles. The summed E-state index contributed by atoms with van der Waals surface area (Å²) in [6, 6.07) is 1.44. The number of aromatic nitrogens is 1. The molecule has 152 valence electrons. The molecule has 3 amide bonds. The standard InChI is InChI=1S/C17H23N5O5S/c1-28(26,27)22-9-8-21(17(25)12-4-2-6-18-10-12)11-14(22)16(24)20-13-5-3-7-19-15(13)23/h2,4,6,10,13-14H,3,5,7-9,11H2,1H3,(H,19,23)(H,20,24)/t13-,14+/m1/s1. The van der Waals surface area contributed by atoms with Gasteiger partial charge >= 0.3 is 0 Å². The van der Waals surface area contributed by atoms with Crippen LogP contribution < -0.4 is 10.6 Å². The average Bonchev–Trinajstić information content (AvgIpc) is 2.68. The number of hydrogen-bond acceptors (Lipinski definition) is 6. The minimum Gasteiger partial charge on any atom is -0.354 e. The predicted octanol–water partition coefficient (Wildman–Crippen LogP) is -1.44. The topological polar surface area (TPSA) is 129 Å². The second-order valence-electron chi connectivity index (χ2n) is 6.88. The molecule has 1 aromatic heterocycles. The molecule has 3 rings (SSSR count). The maximum absolute atomic E-state index is 12.8. The van der Waals surface area contributed by atoms with Crippen LogP contribution in [0.15, 0.2) is 24.5 Å². The van der Waals surface area contributed by atoms with Crippen LogP contribution in [0.2, 0.25) is 0 Å². The van der Waals surface area contributed by atoms with Crippen molar-refractivity contribution in [3.63, 3.8) is 0 Å². The normalized spacial score (nSPS) is 23.8. The van der Waals surface area contributed by atoms with Gasteiger partial charge in [0.15, 0.2) is 0 Å². The minimum atomic E-state index is -3.67. The molecule has 11 heteroatoms. The van der Waals surface area contributed by atoms with Gasteiger partial charge in [-0.05, 0) is 25.0 Å². The van der Waals surface area contributed by atoms with Gasteiger partial charge in [-0.15, -0.1) is 0 Å². The molecule has 0 bridgehead atoms. The Kier molecular flexibility index (Phi) is 5.94.